The summed E-state index contributed by atoms with van der Waals surface area (Å²) in [6.07, 6.45) is 0.853. The molecule has 2 atom stereocenters. The van der Waals surface area contributed by atoms with Gasteiger partial charge in [-0.05, 0) is 49.6 Å². The third-order valence-electron chi connectivity index (χ3n) is 4.14. The summed E-state index contributed by atoms with van der Waals surface area (Å²) in [5, 5.41) is 33.4. The van der Waals surface area contributed by atoms with Crippen LogP contribution in [0.5, 0.6) is 11.5 Å². The molecule has 4 N–H and O–H groups in total. The molecule has 0 fully saturated rings. The van der Waals surface area contributed by atoms with Crippen LogP contribution >= 0.6 is 0 Å². The van der Waals surface area contributed by atoms with Gasteiger partial charge in [0, 0.05) is 12.1 Å². The van der Waals surface area contributed by atoms with E-state index in [2.05, 4.69) is 12.2 Å². The number of rotatable bonds is 11. The number of phenolic OH excluding ortho intramolecular Hbond substituents is 1. The van der Waals surface area contributed by atoms with Crippen LogP contribution in [0.3, 0.4) is 0 Å². The molecule has 2 aromatic carbocycles. The van der Waals surface area contributed by atoms with Crippen LogP contribution in [0.1, 0.15) is 37.0 Å². The minimum atomic E-state index is -0.757. The van der Waals surface area contributed by atoms with Crippen molar-refractivity contribution in [3.63, 3.8) is 0 Å². The number of aromatic hydroxyl groups is 1. The van der Waals surface area contributed by atoms with Gasteiger partial charge in [-0.15, -0.1) is 0 Å². The number of benzene rings is 2. The fraction of sp³-hybridized carbons (Fsp3) is 0.429. The van der Waals surface area contributed by atoms with Gasteiger partial charge < -0.3 is 25.4 Å². The molecule has 0 aromatic heterocycles. The highest BCUT2D eigenvalue weighted by Gasteiger charge is 2.16. The molecule has 0 saturated heterocycles. The van der Waals surface area contributed by atoms with Gasteiger partial charge in [-0.1, -0.05) is 37.3 Å². The van der Waals surface area contributed by atoms with Gasteiger partial charge in [-0.3, -0.25) is 0 Å². The highest BCUT2D eigenvalue weighted by atomic mass is 16.5. The van der Waals surface area contributed by atoms with Crippen molar-refractivity contribution in [2.24, 2.45) is 0 Å². The highest BCUT2D eigenvalue weighted by molar-refractivity contribution is 5.41. The molecule has 26 heavy (non-hydrogen) atoms. The van der Waals surface area contributed by atoms with Crippen LogP contribution in [-0.2, 0) is 6.42 Å². The van der Waals surface area contributed by atoms with Crippen molar-refractivity contribution < 1.29 is 20.1 Å². The smallest absolute Gasteiger partial charge is 0.125 e. The van der Waals surface area contributed by atoms with E-state index in [0.29, 0.717) is 24.3 Å². The topological polar surface area (TPSA) is 82.0 Å². The predicted octanol–water partition coefficient (Wildman–Crippen LogP) is 2.80. The second kappa shape index (κ2) is 10.8. The van der Waals surface area contributed by atoms with Gasteiger partial charge >= 0.3 is 0 Å². The van der Waals surface area contributed by atoms with E-state index in [1.807, 2.05) is 30.3 Å². The summed E-state index contributed by atoms with van der Waals surface area (Å²) >= 11 is 0. The summed E-state index contributed by atoms with van der Waals surface area (Å²) in [7, 11) is 0. The second-order valence-electron chi connectivity index (χ2n) is 6.43. The Bertz CT molecular complexity index is 648. The molecule has 0 spiro atoms. The van der Waals surface area contributed by atoms with Crippen molar-refractivity contribution in [1.82, 2.24) is 5.32 Å². The van der Waals surface area contributed by atoms with Gasteiger partial charge in [0.2, 0.25) is 0 Å². The molecule has 0 amide bonds. The second-order valence-corrected chi connectivity index (χ2v) is 6.43. The van der Waals surface area contributed by atoms with Crippen LogP contribution in [0.25, 0.3) is 0 Å². The average molecular weight is 359 g/mol. The largest absolute Gasteiger partial charge is 0.508 e. The number of hydrogen-bond donors (Lipinski definition) is 4. The van der Waals surface area contributed by atoms with Gasteiger partial charge in [0.1, 0.15) is 24.2 Å². The number of aliphatic hydroxyl groups excluding tert-OH is 2. The van der Waals surface area contributed by atoms with Crippen molar-refractivity contribution in [1.29, 1.82) is 0 Å². The first-order valence-corrected chi connectivity index (χ1v) is 9.16. The van der Waals surface area contributed by atoms with Crippen molar-refractivity contribution >= 4 is 0 Å². The zero-order valence-corrected chi connectivity index (χ0v) is 15.3. The summed E-state index contributed by atoms with van der Waals surface area (Å²) in [4.78, 5) is 0. The van der Waals surface area contributed by atoms with Gasteiger partial charge in [0.25, 0.3) is 0 Å². The molecule has 0 saturated carbocycles. The minimum absolute atomic E-state index is 0.0799. The maximum absolute atomic E-state index is 10.6. The SMILES string of the molecule is CCCNCC(O)COc1ccc(O)cc1C(O)CCc1ccccc1. The Kier molecular flexibility index (Phi) is 8.41. The lowest BCUT2D eigenvalue weighted by atomic mass is 10.0. The Morgan fingerprint density at radius 1 is 1.08 bits per heavy atom. The quantitative estimate of drug-likeness (QED) is 0.464. The summed E-state index contributed by atoms with van der Waals surface area (Å²) in [5.74, 6) is 0.564. The molecule has 142 valence electrons. The molecule has 0 aliphatic carbocycles. The fourth-order valence-corrected chi connectivity index (χ4v) is 2.72. The van der Waals surface area contributed by atoms with E-state index in [9.17, 15) is 15.3 Å². The van der Waals surface area contributed by atoms with Gasteiger partial charge in [-0.25, -0.2) is 0 Å². The summed E-state index contributed by atoms with van der Waals surface area (Å²) in [6.45, 7) is 3.49. The number of nitrogens with one attached hydrogen (secondary N) is 1. The maximum Gasteiger partial charge on any atom is 0.125 e. The van der Waals surface area contributed by atoms with E-state index in [1.165, 1.54) is 12.1 Å². The molecule has 0 heterocycles. The Morgan fingerprint density at radius 3 is 2.58 bits per heavy atom. The van der Waals surface area contributed by atoms with Crippen LogP contribution < -0.4 is 10.1 Å². The molecule has 0 bridgehead atoms. The normalized spacial score (nSPS) is 13.3. The predicted molar refractivity (Wildman–Crippen MR) is 102 cm³/mol. The molecular weight excluding hydrogens is 330 g/mol. The number of ether oxygens (including phenoxy) is 1. The first-order valence-electron chi connectivity index (χ1n) is 9.16. The van der Waals surface area contributed by atoms with E-state index in [-0.39, 0.29) is 12.4 Å². The van der Waals surface area contributed by atoms with E-state index in [4.69, 9.17) is 4.74 Å². The van der Waals surface area contributed by atoms with Crippen molar-refractivity contribution in [2.75, 3.05) is 19.7 Å². The first-order chi connectivity index (χ1) is 12.6. The molecule has 5 heteroatoms. The number of aryl methyl sites for hydroxylation is 1. The molecular formula is C21H29NO4. The van der Waals surface area contributed by atoms with Gasteiger partial charge in [0.05, 0.1) is 6.10 Å². The number of hydrogen-bond acceptors (Lipinski definition) is 5. The van der Waals surface area contributed by atoms with E-state index in [0.717, 1.165) is 24.9 Å². The zero-order valence-electron chi connectivity index (χ0n) is 15.3. The average Bonchev–Trinajstić information content (AvgIpc) is 2.66. The minimum Gasteiger partial charge on any atom is -0.508 e. The van der Waals surface area contributed by atoms with Crippen LogP contribution in [-0.4, -0.2) is 41.1 Å². The summed E-state index contributed by atoms with van der Waals surface area (Å²) in [5.41, 5.74) is 1.68. The molecule has 2 aromatic rings. The summed E-state index contributed by atoms with van der Waals surface area (Å²) in [6, 6.07) is 14.6. The Labute approximate surface area is 155 Å². The van der Waals surface area contributed by atoms with Crippen molar-refractivity contribution in [2.45, 2.75) is 38.4 Å². The Morgan fingerprint density at radius 2 is 1.85 bits per heavy atom. The lowest BCUT2D eigenvalue weighted by molar-refractivity contribution is 0.102. The molecule has 2 rings (SSSR count). The highest BCUT2D eigenvalue weighted by Crippen LogP contribution is 2.31. The fourth-order valence-electron chi connectivity index (χ4n) is 2.72. The molecule has 0 radical (unpaired) electrons. The first kappa shape index (κ1) is 20.2. The monoisotopic (exact) mass is 359 g/mol. The van der Waals surface area contributed by atoms with Crippen LogP contribution in [0.2, 0.25) is 0 Å². The van der Waals surface area contributed by atoms with Crippen molar-refractivity contribution in [3.8, 4) is 11.5 Å². The van der Waals surface area contributed by atoms with Gasteiger partial charge in [0.15, 0.2) is 0 Å². The zero-order chi connectivity index (χ0) is 18.8. The Hall–Kier alpha value is -2.08. The van der Waals surface area contributed by atoms with Crippen LogP contribution in [0, 0.1) is 0 Å². The third kappa shape index (κ3) is 6.67. The lowest BCUT2D eigenvalue weighted by Gasteiger charge is -2.18. The molecule has 0 aliphatic rings. The summed E-state index contributed by atoms with van der Waals surface area (Å²) < 4.78 is 5.70. The van der Waals surface area contributed by atoms with Crippen LogP contribution in [0.4, 0.5) is 0 Å². The Balaban J connectivity index is 1.95. The maximum atomic E-state index is 10.6. The van der Waals surface area contributed by atoms with E-state index in [1.54, 1.807) is 6.07 Å². The van der Waals surface area contributed by atoms with E-state index >= 15 is 0 Å². The number of aliphatic hydroxyl groups is 2. The van der Waals surface area contributed by atoms with Crippen LogP contribution in [0.15, 0.2) is 48.5 Å². The molecule has 5 nitrogen and oxygen atoms in total. The standard InChI is InChI=1S/C21H29NO4/c1-2-12-22-14-18(24)15-26-21-11-9-17(23)13-19(21)20(25)10-8-16-6-4-3-5-7-16/h3-7,9,11,13,18,20,22-25H,2,8,10,12,14-15H2,1H3. The molecule has 2 unspecified atom stereocenters. The third-order valence-corrected chi connectivity index (χ3v) is 4.14. The lowest BCUT2D eigenvalue weighted by Crippen LogP contribution is -2.32. The number of phenols is 1. The van der Waals surface area contributed by atoms with E-state index < -0.39 is 12.2 Å². The van der Waals surface area contributed by atoms with Gasteiger partial charge in [-0.2, -0.15) is 0 Å². The van der Waals surface area contributed by atoms with Crippen molar-refractivity contribution in [3.05, 3.63) is 59.7 Å². The molecule has 0 aliphatic heterocycles.